The number of hydrogen-bond acceptors (Lipinski definition) is 0. The Bertz CT molecular complexity index is 362. The van der Waals surface area contributed by atoms with Crippen molar-refractivity contribution in [2.75, 3.05) is 0 Å². The van der Waals surface area contributed by atoms with Crippen molar-refractivity contribution in [3.8, 4) is 0 Å². The average Bonchev–Trinajstić information content (AvgIpc) is 2.53. The van der Waals surface area contributed by atoms with Crippen LogP contribution in [-0.4, -0.2) is 0 Å². The molecular formula is C22H35F. The van der Waals surface area contributed by atoms with Crippen LogP contribution >= 0.6 is 0 Å². The first-order valence-corrected chi connectivity index (χ1v) is 8.20. The Labute approximate surface area is 144 Å². The molecule has 1 aromatic carbocycles. The molecule has 0 radical (unpaired) electrons. The van der Waals surface area contributed by atoms with Gasteiger partial charge in [-0.25, -0.2) is 4.39 Å². The van der Waals surface area contributed by atoms with Gasteiger partial charge in [0.15, 0.2) is 0 Å². The zero-order chi connectivity index (χ0) is 18.3. The molecule has 0 fully saturated rings. The zero-order valence-corrected chi connectivity index (χ0v) is 15.4. The Morgan fingerprint density at radius 3 is 1.52 bits per heavy atom. The molecule has 0 saturated carbocycles. The maximum absolute atomic E-state index is 10.8. The number of rotatable bonds is 6. The van der Waals surface area contributed by atoms with Crippen LogP contribution in [0.3, 0.4) is 0 Å². The second kappa shape index (κ2) is 25.1. The minimum absolute atomic E-state index is 0.333. The fourth-order valence-electron chi connectivity index (χ4n) is 1.17. The molecule has 1 heteroatoms. The van der Waals surface area contributed by atoms with Crippen LogP contribution in [0.15, 0.2) is 74.6 Å². The van der Waals surface area contributed by atoms with Gasteiger partial charge in [-0.2, -0.15) is 0 Å². The van der Waals surface area contributed by atoms with E-state index < -0.39 is 0 Å². The van der Waals surface area contributed by atoms with Gasteiger partial charge in [0.25, 0.3) is 0 Å². The molecule has 0 amide bonds. The first-order chi connectivity index (χ1) is 11.0. The fraction of sp³-hybridized carbons (Fsp3) is 0.364. The molecule has 0 atom stereocenters. The van der Waals surface area contributed by atoms with Gasteiger partial charge in [-0.3, -0.25) is 0 Å². The number of allylic oxidation sites excluding steroid dienone is 3. The summed E-state index contributed by atoms with van der Waals surface area (Å²) in [5.74, 6) is -0.333. The third-order valence-corrected chi connectivity index (χ3v) is 2.10. The molecule has 1 rings (SSSR count). The summed E-state index contributed by atoms with van der Waals surface area (Å²) in [5.41, 5.74) is 1.17. The highest BCUT2D eigenvalue weighted by atomic mass is 19.1. The van der Waals surface area contributed by atoms with E-state index >= 15 is 0 Å². The van der Waals surface area contributed by atoms with Crippen LogP contribution in [0, 0.1) is 0 Å². The predicted molar refractivity (Wildman–Crippen MR) is 107 cm³/mol. The van der Waals surface area contributed by atoms with Crippen molar-refractivity contribution in [2.45, 2.75) is 52.9 Å². The molecule has 0 spiro atoms. The summed E-state index contributed by atoms with van der Waals surface area (Å²) in [6, 6.07) is 10.0. The molecule has 23 heavy (non-hydrogen) atoms. The lowest BCUT2D eigenvalue weighted by Gasteiger charge is -1.89. The summed E-state index contributed by atoms with van der Waals surface area (Å²) in [5, 5.41) is 0. The summed E-state index contributed by atoms with van der Waals surface area (Å²) < 4.78 is 10.8. The van der Waals surface area contributed by atoms with E-state index in [4.69, 9.17) is 0 Å². The van der Waals surface area contributed by atoms with Crippen molar-refractivity contribution in [3.05, 3.63) is 80.2 Å². The van der Waals surface area contributed by atoms with E-state index in [-0.39, 0.29) is 5.83 Å². The molecule has 0 aliphatic carbocycles. The first kappa shape index (κ1) is 26.0. The number of hydrogen-bond donors (Lipinski definition) is 0. The quantitative estimate of drug-likeness (QED) is 0.366. The molecule has 0 bridgehead atoms. The third kappa shape index (κ3) is 38.4. The third-order valence-electron chi connectivity index (χ3n) is 2.10. The first-order valence-electron chi connectivity index (χ1n) is 8.20. The topological polar surface area (TPSA) is 0 Å². The molecule has 0 nitrogen and oxygen atoms in total. The van der Waals surface area contributed by atoms with E-state index in [2.05, 4.69) is 40.2 Å². The SMILES string of the molecule is C=C(C)F.C=CCCCCC=C.C=Cc1ccccc1.CCC. The highest BCUT2D eigenvalue weighted by Crippen LogP contribution is 1.99. The van der Waals surface area contributed by atoms with Gasteiger partial charge in [0.1, 0.15) is 0 Å². The Morgan fingerprint density at radius 2 is 1.30 bits per heavy atom. The molecule has 0 aliphatic heterocycles. The molecule has 0 aromatic heterocycles. The van der Waals surface area contributed by atoms with Crippen LogP contribution in [0.1, 0.15) is 58.4 Å². The highest BCUT2D eigenvalue weighted by Gasteiger charge is 1.79. The van der Waals surface area contributed by atoms with Crippen LogP contribution in [0.5, 0.6) is 0 Å². The van der Waals surface area contributed by atoms with Gasteiger partial charge in [0, 0.05) is 0 Å². The summed E-state index contributed by atoms with van der Waals surface area (Å²) >= 11 is 0. The van der Waals surface area contributed by atoms with Gasteiger partial charge in [-0.15, -0.1) is 13.2 Å². The summed E-state index contributed by atoms with van der Waals surface area (Å²) in [6.07, 6.45) is 11.8. The van der Waals surface area contributed by atoms with Gasteiger partial charge in [0.05, 0.1) is 5.83 Å². The monoisotopic (exact) mass is 318 g/mol. The molecule has 0 N–H and O–H groups in total. The summed E-state index contributed by atoms with van der Waals surface area (Å²) in [7, 11) is 0. The van der Waals surface area contributed by atoms with Crippen molar-refractivity contribution in [2.24, 2.45) is 0 Å². The lowest BCUT2D eigenvalue weighted by Crippen LogP contribution is -1.69. The second-order valence-corrected chi connectivity index (χ2v) is 4.86. The van der Waals surface area contributed by atoms with Crippen LogP contribution in [0.4, 0.5) is 4.39 Å². The molecule has 130 valence electrons. The van der Waals surface area contributed by atoms with Gasteiger partial charge < -0.3 is 0 Å². The number of benzene rings is 1. The van der Waals surface area contributed by atoms with E-state index in [9.17, 15) is 4.39 Å². The molecule has 1 aromatic rings. The Kier molecular flexibility index (Phi) is 28.4. The van der Waals surface area contributed by atoms with Crippen LogP contribution in [0.2, 0.25) is 0 Å². The van der Waals surface area contributed by atoms with Crippen LogP contribution < -0.4 is 0 Å². The smallest absolute Gasteiger partial charge is 0.0897 e. The van der Waals surface area contributed by atoms with Crippen molar-refractivity contribution in [1.82, 2.24) is 0 Å². The standard InChI is InChI=1S/C8H8.C8H14.C3H5F.C3H8/c1-2-8-6-4-3-5-7-8;1-3-5-7-8-6-4-2;1-3(2)4;1-3-2/h2-7H,1H2;3-4H,1-2,5-8H2;1H2,2H3;3H2,1-2H3. The van der Waals surface area contributed by atoms with Crippen LogP contribution in [-0.2, 0) is 0 Å². The molecule has 0 aliphatic rings. The average molecular weight is 319 g/mol. The summed E-state index contributed by atoms with van der Waals surface area (Å²) in [4.78, 5) is 0. The van der Waals surface area contributed by atoms with E-state index in [1.807, 2.05) is 48.6 Å². The minimum Gasteiger partial charge on any atom is -0.213 e. The van der Waals surface area contributed by atoms with E-state index in [1.165, 1.54) is 31.7 Å². The minimum atomic E-state index is -0.333. The highest BCUT2D eigenvalue weighted by molar-refractivity contribution is 5.45. The van der Waals surface area contributed by atoms with Crippen molar-refractivity contribution in [3.63, 3.8) is 0 Å². The van der Waals surface area contributed by atoms with Crippen LogP contribution in [0.25, 0.3) is 6.08 Å². The predicted octanol–water partition coefficient (Wildman–Crippen LogP) is 8.15. The van der Waals surface area contributed by atoms with Crippen molar-refractivity contribution >= 4 is 6.08 Å². The lowest BCUT2D eigenvalue weighted by atomic mass is 10.2. The van der Waals surface area contributed by atoms with E-state index in [0.29, 0.717) is 0 Å². The molecular weight excluding hydrogens is 283 g/mol. The van der Waals surface area contributed by atoms with Gasteiger partial charge in [0.2, 0.25) is 0 Å². The molecule has 0 saturated heterocycles. The van der Waals surface area contributed by atoms with E-state index in [1.54, 1.807) is 0 Å². The Balaban J connectivity index is -0.000000252. The number of halogens is 1. The number of unbranched alkanes of at least 4 members (excludes halogenated alkanes) is 3. The largest absolute Gasteiger partial charge is 0.213 e. The van der Waals surface area contributed by atoms with Crippen molar-refractivity contribution < 1.29 is 4.39 Å². The zero-order valence-electron chi connectivity index (χ0n) is 15.4. The Hall–Kier alpha value is -1.89. The lowest BCUT2D eigenvalue weighted by molar-refractivity contribution is 0.645. The second-order valence-electron chi connectivity index (χ2n) is 4.86. The van der Waals surface area contributed by atoms with Gasteiger partial charge in [-0.1, -0.05) is 82.0 Å². The maximum atomic E-state index is 10.8. The summed E-state index contributed by atoms with van der Waals surface area (Å²) in [6.45, 7) is 19.3. The van der Waals surface area contributed by atoms with Crippen molar-refractivity contribution in [1.29, 1.82) is 0 Å². The molecule has 0 heterocycles. The van der Waals surface area contributed by atoms with Gasteiger partial charge >= 0.3 is 0 Å². The van der Waals surface area contributed by atoms with E-state index in [0.717, 1.165) is 12.8 Å². The fourth-order valence-corrected chi connectivity index (χ4v) is 1.17. The normalized spacial score (nSPS) is 7.83. The molecule has 0 unspecified atom stereocenters. The van der Waals surface area contributed by atoms with Gasteiger partial charge in [-0.05, 0) is 38.2 Å². The maximum Gasteiger partial charge on any atom is 0.0897 e. The Morgan fingerprint density at radius 1 is 0.957 bits per heavy atom.